The van der Waals surface area contributed by atoms with Gasteiger partial charge in [-0.05, 0) is 29.5 Å². The van der Waals surface area contributed by atoms with Gasteiger partial charge in [-0.15, -0.1) is 10.2 Å². The Hall–Kier alpha value is -2.75. The first-order valence-electron chi connectivity index (χ1n) is 9.48. The summed E-state index contributed by atoms with van der Waals surface area (Å²) in [5.41, 5.74) is -2.92. The van der Waals surface area contributed by atoms with E-state index in [9.17, 15) is 26.3 Å². The van der Waals surface area contributed by atoms with Crippen LogP contribution >= 0.6 is 0 Å². The monoisotopic (exact) mass is 441 g/mol. The molecule has 0 aliphatic carbocycles. The zero-order valence-electron chi connectivity index (χ0n) is 16.0. The summed E-state index contributed by atoms with van der Waals surface area (Å²) in [4.78, 5) is 3.42. The van der Waals surface area contributed by atoms with Gasteiger partial charge >= 0.3 is 18.0 Å². The Morgan fingerprint density at radius 3 is 1.77 bits per heavy atom. The first kappa shape index (κ1) is 21.5. The topological polar surface area (TPSA) is 46.3 Å². The molecule has 2 aliphatic rings. The van der Waals surface area contributed by atoms with E-state index in [4.69, 9.17) is 4.74 Å². The highest BCUT2D eigenvalue weighted by atomic mass is 19.4. The molecule has 1 unspecified atom stereocenters. The fourth-order valence-electron chi connectivity index (χ4n) is 3.29. The molecule has 0 aromatic heterocycles. The van der Waals surface area contributed by atoms with Crippen molar-refractivity contribution in [3.05, 3.63) is 70.8 Å². The third-order valence-electron chi connectivity index (χ3n) is 5.29. The van der Waals surface area contributed by atoms with Crippen molar-refractivity contribution in [2.24, 2.45) is 15.2 Å². The fourth-order valence-corrected chi connectivity index (χ4v) is 3.29. The molecule has 4 nitrogen and oxygen atoms in total. The summed E-state index contributed by atoms with van der Waals surface area (Å²) in [7, 11) is 0. The molecular weight excluding hydrogens is 424 g/mol. The number of halogens is 6. The molecule has 31 heavy (non-hydrogen) atoms. The molecule has 164 valence electrons. The summed E-state index contributed by atoms with van der Waals surface area (Å²) in [6.07, 6.45) is -6.82. The predicted molar refractivity (Wildman–Crippen MR) is 99.7 cm³/mol. The summed E-state index contributed by atoms with van der Waals surface area (Å²) in [6.45, 7) is 0.633. The minimum Gasteiger partial charge on any atom is -0.377 e. The Kier molecular flexibility index (Phi) is 5.15. The third kappa shape index (κ3) is 4.08. The van der Waals surface area contributed by atoms with Crippen LogP contribution in [0.5, 0.6) is 0 Å². The Bertz CT molecular complexity index is 900. The zero-order chi connectivity index (χ0) is 22.3. The van der Waals surface area contributed by atoms with Crippen LogP contribution < -0.4 is 0 Å². The van der Waals surface area contributed by atoms with Crippen LogP contribution in [-0.4, -0.2) is 25.2 Å². The maximum absolute atomic E-state index is 13.0. The number of benzene rings is 2. The van der Waals surface area contributed by atoms with Crippen molar-refractivity contribution in [2.45, 2.75) is 43.0 Å². The zero-order valence-corrected chi connectivity index (χ0v) is 16.0. The van der Waals surface area contributed by atoms with Gasteiger partial charge < -0.3 is 4.74 Å². The van der Waals surface area contributed by atoms with Gasteiger partial charge in [-0.1, -0.05) is 48.5 Å². The van der Waals surface area contributed by atoms with Gasteiger partial charge in [-0.25, -0.2) is 0 Å². The standard InChI is InChI=1S/C21H17F6N3O/c22-20(23,24)18(13-28-18)16-7-3-14(4-8-16)2-1-11-31-12-15-5-9-17(10-6-15)19(29-30-19)21(25,26)27/h3-10,13H,1-2,11-12H2. The first-order chi connectivity index (χ1) is 14.6. The number of rotatable bonds is 8. The molecule has 10 heteroatoms. The van der Waals surface area contributed by atoms with Crippen molar-refractivity contribution in [1.82, 2.24) is 0 Å². The highest BCUT2D eigenvalue weighted by Crippen LogP contribution is 2.52. The minimum atomic E-state index is -4.55. The van der Waals surface area contributed by atoms with Gasteiger partial charge in [0.25, 0.3) is 0 Å². The van der Waals surface area contributed by atoms with Gasteiger partial charge in [0, 0.05) is 18.4 Å². The second kappa shape index (κ2) is 7.44. The fraction of sp³-hybridized carbons (Fsp3) is 0.381. The molecule has 0 spiro atoms. The van der Waals surface area contributed by atoms with Crippen molar-refractivity contribution < 1.29 is 31.1 Å². The molecule has 0 saturated heterocycles. The first-order valence-corrected chi connectivity index (χ1v) is 9.48. The van der Waals surface area contributed by atoms with Crippen molar-refractivity contribution in [3.8, 4) is 0 Å². The summed E-state index contributed by atoms with van der Waals surface area (Å²) in [6, 6.07) is 11.9. The average molecular weight is 441 g/mol. The highest BCUT2D eigenvalue weighted by Gasteiger charge is 2.65. The molecule has 0 fully saturated rings. The number of hydrogen-bond donors (Lipinski definition) is 0. The van der Waals surface area contributed by atoms with Crippen LogP contribution in [0.1, 0.15) is 28.7 Å². The van der Waals surface area contributed by atoms with Gasteiger partial charge in [-0.3, -0.25) is 4.99 Å². The summed E-state index contributed by atoms with van der Waals surface area (Å²) in [5, 5.41) is 6.32. The van der Waals surface area contributed by atoms with Crippen LogP contribution in [0.3, 0.4) is 0 Å². The summed E-state index contributed by atoms with van der Waals surface area (Å²) < 4.78 is 83.6. The highest BCUT2D eigenvalue weighted by molar-refractivity contribution is 5.87. The Morgan fingerprint density at radius 2 is 1.29 bits per heavy atom. The molecule has 0 amide bonds. The Balaban J connectivity index is 1.21. The van der Waals surface area contributed by atoms with Gasteiger partial charge in [0.15, 0.2) is 0 Å². The van der Waals surface area contributed by atoms with Crippen molar-refractivity contribution in [2.75, 3.05) is 6.61 Å². The largest absolute Gasteiger partial charge is 0.442 e. The van der Waals surface area contributed by atoms with Crippen molar-refractivity contribution >= 4 is 6.21 Å². The molecule has 2 heterocycles. The van der Waals surface area contributed by atoms with Crippen LogP contribution in [0.25, 0.3) is 0 Å². The predicted octanol–water partition coefficient (Wildman–Crippen LogP) is 5.86. The SMILES string of the molecule is FC(F)(F)C1(c2ccc(CCCOCc3ccc(C4(C(F)(F)F)N=N4)cc3)cc2)C=N1. The van der Waals surface area contributed by atoms with E-state index in [1.54, 1.807) is 24.3 Å². The molecule has 2 aromatic rings. The third-order valence-corrected chi connectivity index (χ3v) is 5.29. The lowest BCUT2D eigenvalue weighted by molar-refractivity contribution is -0.166. The van der Waals surface area contributed by atoms with E-state index in [0.717, 1.165) is 11.8 Å². The van der Waals surface area contributed by atoms with E-state index >= 15 is 0 Å². The lowest BCUT2D eigenvalue weighted by Gasteiger charge is -2.18. The molecule has 4 rings (SSSR count). The number of ether oxygens (including phenoxy) is 1. The van der Waals surface area contributed by atoms with Crippen LogP contribution in [0.2, 0.25) is 0 Å². The maximum Gasteiger partial charge on any atom is 0.442 e. The van der Waals surface area contributed by atoms with Crippen molar-refractivity contribution in [3.63, 3.8) is 0 Å². The van der Waals surface area contributed by atoms with E-state index in [2.05, 4.69) is 15.2 Å². The minimum absolute atomic E-state index is 0.0314. The lowest BCUT2D eigenvalue weighted by atomic mass is 9.95. The van der Waals surface area contributed by atoms with Crippen molar-refractivity contribution in [1.29, 1.82) is 0 Å². The molecule has 2 aromatic carbocycles. The molecule has 0 radical (unpaired) electrons. The van der Waals surface area contributed by atoms with E-state index in [1.807, 2.05) is 0 Å². The normalized spacial score (nSPS) is 21.4. The summed E-state index contributed by atoms with van der Waals surface area (Å²) in [5.74, 6) is 0. The van der Waals surface area contributed by atoms with E-state index in [-0.39, 0.29) is 17.7 Å². The van der Waals surface area contributed by atoms with Gasteiger partial charge in [-0.2, -0.15) is 26.3 Å². The quantitative estimate of drug-likeness (QED) is 0.374. The molecular formula is C21H17F6N3O. The lowest BCUT2D eigenvalue weighted by Crippen LogP contribution is -2.31. The van der Waals surface area contributed by atoms with Crippen LogP contribution in [0, 0.1) is 0 Å². The van der Waals surface area contributed by atoms with Crippen LogP contribution in [0.4, 0.5) is 26.3 Å². The number of aliphatic imine (C=N–C) groups is 1. The van der Waals surface area contributed by atoms with Gasteiger partial charge in [0.2, 0.25) is 5.54 Å². The number of alkyl halides is 6. The van der Waals surface area contributed by atoms with E-state index < -0.39 is 23.6 Å². The molecule has 0 N–H and O–H groups in total. The Labute approximate surface area is 173 Å². The molecule has 1 atom stereocenters. The Morgan fingerprint density at radius 1 is 0.742 bits per heavy atom. The van der Waals surface area contributed by atoms with Crippen LogP contribution in [0.15, 0.2) is 63.8 Å². The van der Waals surface area contributed by atoms with Gasteiger partial charge in [0.1, 0.15) is 0 Å². The molecule has 0 saturated carbocycles. The van der Waals surface area contributed by atoms with Gasteiger partial charge in [0.05, 0.1) is 6.61 Å². The molecule has 2 aliphatic heterocycles. The second-order valence-corrected chi connectivity index (χ2v) is 7.44. The maximum atomic E-state index is 13.0. The van der Waals surface area contributed by atoms with E-state index in [0.29, 0.717) is 25.0 Å². The number of hydrogen-bond acceptors (Lipinski definition) is 4. The number of aryl methyl sites for hydroxylation is 1. The van der Waals surface area contributed by atoms with Crippen LogP contribution in [-0.2, 0) is 29.0 Å². The van der Waals surface area contributed by atoms with E-state index in [1.165, 1.54) is 24.3 Å². The summed E-state index contributed by atoms with van der Waals surface area (Å²) >= 11 is 0. The molecule has 0 bridgehead atoms. The average Bonchev–Trinajstić information content (AvgIpc) is 3.61. The smallest absolute Gasteiger partial charge is 0.377 e. The second-order valence-electron chi connectivity index (χ2n) is 7.44. The number of nitrogens with zero attached hydrogens (tertiary/aromatic N) is 3.